The third kappa shape index (κ3) is 11.8. The Morgan fingerprint density at radius 1 is 1.00 bits per heavy atom. The fourth-order valence-corrected chi connectivity index (χ4v) is 0.963. The van der Waals surface area contributed by atoms with Crippen molar-refractivity contribution in [3.8, 4) is 0 Å². The van der Waals surface area contributed by atoms with Crippen molar-refractivity contribution < 1.29 is 9.47 Å². The van der Waals surface area contributed by atoms with E-state index in [0.29, 0.717) is 19.3 Å². The largest absolute Gasteiger partial charge is 0.382 e. The van der Waals surface area contributed by atoms with Gasteiger partial charge in [-0.05, 0) is 0 Å². The van der Waals surface area contributed by atoms with Gasteiger partial charge in [-0.15, -0.1) is 0 Å². The Balaban J connectivity index is 2.85. The highest BCUT2D eigenvalue weighted by Crippen LogP contribution is 1.75. The molecule has 86 valence electrons. The van der Waals surface area contributed by atoms with Crippen molar-refractivity contribution >= 4 is 0 Å². The average Bonchev–Trinajstić information content (AvgIpc) is 2.15. The number of hydrogen-bond acceptors (Lipinski definition) is 4. The molecule has 0 heterocycles. The first-order valence-corrected chi connectivity index (χ1v) is 5.28. The van der Waals surface area contributed by atoms with Crippen LogP contribution < -0.4 is 10.6 Å². The van der Waals surface area contributed by atoms with Crippen LogP contribution in [-0.4, -0.2) is 52.6 Å². The second kappa shape index (κ2) is 10.9. The Bertz CT molecular complexity index is 110. The fraction of sp³-hybridized carbons (Fsp3) is 1.00. The molecule has 0 radical (unpaired) electrons. The molecule has 0 bridgehead atoms. The molecule has 0 aromatic heterocycles. The van der Waals surface area contributed by atoms with Gasteiger partial charge in [0, 0.05) is 32.8 Å². The van der Waals surface area contributed by atoms with Crippen LogP contribution in [-0.2, 0) is 9.47 Å². The van der Waals surface area contributed by atoms with Gasteiger partial charge in [0.15, 0.2) is 0 Å². The minimum absolute atomic E-state index is 0.565. The van der Waals surface area contributed by atoms with Gasteiger partial charge in [0.2, 0.25) is 0 Å². The number of methoxy groups -OCH3 is 1. The zero-order valence-corrected chi connectivity index (χ0v) is 9.64. The van der Waals surface area contributed by atoms with Crippen molar-refractivity contribution in [3.05, 3.63) is 0 Å². The van der Waals surface area contributed by atoms with Crippen LogP contribution in [0.4, 0.5) is 0 Å². The molecule has 0 aliphatic heterocycles. The molecule has 0 spiro atoms. The van der Waals surface area contributed by atoms with E-state index in [1.165, 1.54) is 0 Å². The maximum atomic E-state index is 5.29. The van der Waals surface area contributed by atoms with Gasteiger partial charge in [-0.3, -0.25) is 0 Å². The fourth-order valence-electron chi connectivity index (χ4n) is 0.963. The first-order chi connectivity index (χ1) is 6.77. The van der Waals surface area contributed by atoms with Gasteiger partial charge in [0.1, 0.15) is 0 Å². The normalized spacial score (nSPS) is 11.1. The first-order valence-electron chi connectivity index (χ1n) is 5.28. The van der Waals surface area contributed by atoms with Crippen molar-refractivity contribution in [3.63, 3.8) is 0 Å². The summed E-state index contributed by atoms with van der Waals surface area (Å²) in [6.07, 6.45) is 0. The summed E-state index contributed by atoms with van der Waals surface area (Å²) in [5, 5.41) is 6.62. The third-order valence-electron chi connectivity index (χ3n) is 1.71. The number of nitrogens with one attached hydrogen (secondary N) is 2. The lowest BCUT2D eigenvalue weighted by molar-refractivity contribution is 0.0721. The molecule has 0 atom stereocenters. The third-order valence-corrected chi connectivity index (χ3v) is 1.71. The molecule has 0 saturated heterocycles. The van der Waals surface area contributed by atoms with Crippen molar-refractivity contribution in [2.24, 2.45) is 0 Å². The van der Waals surface area contributed by atoms with E-state index in [9.17, 15) is 0 Å². The molecule has 0 aromatic rings. The summed E-state index contributed by atoms with van der Waals surface area (Å²) >= 11 is 0. The van der Waals surface area contributed by atoms with Gasteiger partial charge < -0.3 is 20.1 Å². The summed E-state index contributed by atoms with van der Waals surface area (Å²) in [6, 6.07) is 0.565. The smallest absolute Gasteiger partial charge is 0.0700 e. The Hall–Kier alpha value is -0.160. The van der Waals surface area contributed by atoms with E-state index in [4.69, 9.17) is 9.47 Å². The molecule has 4 nitrogen and oxygen atoms in total. The number of ether oxygens (including phenoxy) is 2. The van der Waals surface area contributed by atoms with E-state index in [1.54, 1.807) is 7.11 Å². The van der Waals surface area contributed by atoms with Crippen LogP contribution >= 0.6 is 0 Å². The molecule has 0 fully saturated rings. The highest BCUT2D eigenvalue weighted by Gasteiger charge is 1.91. The van der Waals surface area contributed by atoms with Gasteiger partial charge in [-0.1, -0.05) is 13.8 Å². The standard InChI is InChI=1S/C10H24N2O2/c1-10(2)12-5-4-11-6-7-14-9-8-13-3/h10-12H,4-9H2,1-3H3. The second-order valence-electron chi connectivity index (χ2n) is 3.46. The molecular formula is C10H24N2O2. The lowest BCUT2D eigenvalue weighted by Gasteiger charge is -2.09. The SMILES string of the molecule is COCCOCCNCCNC(C)C. The Morgan fingerprint density at radius 3 is 2.43 bits per heavy atom. The van der Waals surface area contributed by atoms with Crippen LogP contribution in [0.3, 0.4) is 0 Å². The maximum absolute atomic E-state index is 5.29. The lowest BCUT2D eigenvalue weighted by Crippen LogP contribution is -2.33. The molecule has 4 heteroatoms. The molecule has 0 aliphatic carbocycles. The van der Waals surface area contributed by atoms with Gasteiger partial charge >= 0.3 is 0 Å². The summed E-state index contributed by atoms with van der Waals surface area (Å²) in [6.45, 7) is 9.31. The van der Waals surface area contributed by atoms with E-state index in [0.717, 1.165) is 26.2 Å². The van der Waals surface area contributed by atoms with Gasteiger partial charge in [0.05, 0.1) is 19.8 Å². The Morgan fingerprint density at radius 2 is 1.79 bits per heavy atom. The Labute approximate surface area is 87.4 Å². The van der Waals surface area contributed by atoms with Crippen LogP contribution in [0.15, 0.2) is 0 Å². The topological polar surface area (TPSA) is 42.5 Å². The summed E-state index contributed by atoms with van der Waals surface area (Å²) < 4.78 is 10.2. The van der Waals surface area contributed by atoms with Crippen LogP contribution in [0.2, 0.25) is 0 Å². The van der Waals surface area contributed by atoms with Crippen molar-refractivity contribution in [1.29, 1.82) is 0 Å². The van der Waals surface area contributed by atoms with Crippen molar-refractivity contribution in [2.45, 2.75) is 19.9 Å². The zero-order valence-electron chi connectivity index (χ0n) is 9.64. The molecule has 0 aliphatic rings. The van der Waals surface area contributed by atoms with E-state index in [1.807, 2.05) is 0 Å². The van der Waals surface area contributed by atoms with Gasteiger partial charge in [-0.25, -0.2) is 0 Å². The summed E-state index contributed by atoms with van der Waals surface area (Å²) in [4.78, 5) is 0. The molecule has 2 N–H and O–H groups in total. The highest BCUT2D eigenvalue weighted by molar-refractivity contribution is 4.55. The summed E-state index contributed by atoms with van der Waals surface area (Å²) in [7, 11) is 1.68. The van der Waals surface area contributed by atoms with E-state index in [-0.39, 0.29) is 0 Å². The Kier molecular flexibility index (Phi) is 10.8. The van der Waals surface area contributed by atoms with E-state index < -0.39 is 0 Å². The second-order valence-corrected chi connectivity index (χ2v) is 3.46. The van der Waals surface area contributed by atoms with Crippen molar-refractivity contribution in [1.82, 2.24) is 10.6 Å². The number of rotatable bonds is 10. The highest BCUT2D eigenvalue weighted by atomic mass is 16.5. The first kappa shape index (κ1) is 13.8. The molecule has 0 aromatic carbocycles. The number of hydrogen-bond donors (Lipinski definition) is 2. The predicted octanol–water partition coefficient (Wildman–Crippen LogP) is 0.237. The molecule has 0 unspecified atom stereocenters. The molecule has 0 rings (SSSR count). The van der Waals surface area contributed by atoms with E-state index >= 15 is 0 Å². The zero-order chi connectivity index (χ0) is 10.6. The summed E-state index contributed by atoms with van der Waals surface area (Å²) in [5.41, 5.74) is 0. The van der Waals surface area contributed by atoms with Crippen LogP contribution in [0.1, 0.15) is 13.8 Å². The quantitative estimate of drug-likeness (QED) is 0.500. The maximum Gasteiger partial charge on any atom is 0.0700 e. The van der Waals surface area contributed by atoms with Gasteiger partial charge in [-0.2, -0.15) is 0 Å². The average molecular weight is 204 g/mol. The monoisotopic (exact) mass is 204 g/mol. The minimum atomic E-state index is 0.565. The molecule has 14 heavy (non-hydrogen) atoms. The lowest BCUT2D eigenvalue weighted by atomic mass is 10.4. The molecule has 0 saturated carbocycles. The molecular weight excluding hydrogens is 180 g/mol. The van der Waals surface area contributed by atoms with Crippen molar-refractivity contribution in [2.75, 3.05) is 46.6 Å². The molecule has 0 amide bonds. The van der Waals surface area contributed by atoms with Crippen LogP contribution in [0, 0.1) is 0 Å². The summed E-state index contributed by atoms with van der Waals surface area (Å²) in [5.74, 6) is 0. The predicted molar refractivity (Wildman–Crippen MR) is 58.7 cm³/mol. The van der Waals surface area contributed by atoms with Crippen LogP contribution in [0.5, 0.6) is 0 Å². The van der Waals surface area contributed by atoms with Gasteiger partial charge in [0.25, 0.3) is 0 Å². The minimum Gasteiger partial charge on any atom is -0.382 e. The van der Waals surface area contributed by atoms with Crippen LogP contribution in [0.25, 0.3) is 0 Å². The van der Waals surface area contributed by atoms with E-state index in [2.05, 4.69) is 24.5 Å².